The molecular formula is C11H12F2O2S. The zero-order valence-corrected chi connectivity index (χ0v) is 9.56. The standard InChI is InChI=1S/C11H12F2O2S/c1-7(5-10(14)15)16-6-8-3-2-4-9(12)11(8)13/h2-4,7H,5-6H2,1H3,(H,14,15). The second kappa shape index (κ2) is 5.84. The first-order valence-electron chi connectivity index (χ1n) is 4.77. The lowest BCUT2D eigenvalue weighted by Gasteiger charge is -2.09. The van der Waals surface area contributed by atoms with Crippen LogP contribution >= 0.6 is 11.8 Å². The summed E-state index contributed by atoms with van der Waals surface area (Å²) in [6.45, 7) is 1.75. The molecule has 0 radical (unpaired) electrons. The van der Waals surface area contributed by atoms with Gasteiger partial charge in [-0.2, -0.15) is 11.8 Å². The van der Waals surface area contributed by atoms with E-state index < -0.39 is 17.6 Å². The molecule has 0 amide bonds. The monoisotopic (exact) mass is 246 g/mol. The van der Waals surface area contributed by atoms with Crippen LogP contribution in [0, 0.1) is 11.6 Å². The van der Waals surface area contributed by atoms with E-state index in [1.54, 1.807) is 6.92 Å². The van der Waals surface area contributed by atoms with Gasteiger partial charge in [0.15, 0.2) is 11.6 Å². The van der Waals surface area contributed by atoms with Crippen LogP contribution in [-0.4, -0.2) is 16.3 Å². The van der Waals surface area contributed by atoms with Crippen molar-refractivity contribution in [3.05, 3.63) is 35.4 Å². The van der Waals surface area contributed by atoms with Crippen LogP contribution in [0.5, 0.6) is 0 Å². The summed E-state index contributed by atoms with van der Waals surface area (Å²) >= 11 is 1.29. The molecule has 1 N–H and O–H groups in total. The normalized spacial score (nSPS) is 12.4. The molecule has 0 aliphatic rings. The van der Waals surface area contributed by atoms with Crippen molar-refractivity contribution in [1.29, 1.82) is 0 Å². The Kier molecular flexibility index (Phi) is 4.73. The summed E-state index contributed by atoms with van der Waals surface area (Å²) in [5.41, 5.74) is 0.266. The minimum absolute atomic E-state index is 0.0155. The Morgan fingerprint density at radius 2 is 2.19 bits per heavy atom. The van der Waals surface area contributed by atoms with Gasteiger partial charge in [-0.05, 0) is 6.07 Å². The van der Waals surface area contributed by atoms with Gasteiger partial charge in [0.05, 0.1) is 6.42 Å². The molecule has 5 heteroatoms. The highest BCUT2D eigenvalue weighted by Gasteiger charge is 2.11. The maximum atomic E-state index is 13.2. The fourth-order valence-electron chi connectivity index (χ4n) is 1.20. The van der Waals surface area contributed by atoms with E-state index >= 15 is 0 Å². The van der Waals surface area contributed by atoms with E-state index in [9.17, 15) is 13.6 Å². The number of carboxylic acid groups (broad SMARTS) is 1. The Morgan fingerprint density at radius 1 is 1.50 bits per heavy atom. The molecule has 0 aliphatic heterocycles. The Balaban J connectivity index is 2.54. The lowest BCUT2D eigenvalue weighted by molar-refractivity contribution is -0.136. The van der Waals surface area contributed by atoms with Gasteiger partial charge in [-0.1, -0.05) is 19.1 Å². The number of carboxylic acids is 1. The van der Waals surface area contributed by atoms with Crippen LogP contribution in [0.4, 0.5) is 8.78 Å². The molecule has 0 fully saturated rings. The molecule has 1 aromatic carbocycles. The third-order valence-corrected chi connectivity index (χ3v) is 3.23. The molecule has 0 saturated heterocycles. The van der Waals surface area contributed by atoms with Gasteiger partial charge in [-0.25, -0.2) is 8.78 Å². The zero-order chi connectivity index (χ0) is 12.1. The molecule has 1 unspecified atom stereocenters. The molecule has 0 aromatic heterocycles. The van der Waals surface area contributed by atoms with E-state index in [-0.39, 0.29) is 23.0 Å². The maximum absolute atomic E-state index is 13.2. The number of rotatable bonds is 5. The minimum Gasteiger partial charge on any atom is -0.481 e. The third kappa shape index (κ3) is 3.81. The average Bonchev–Trinajstić information content (AvgIpc) is 2.19. The molecule has 0 heterocycles. The van der Waals surface area contributed by atoms with Gasteiger partial charge in [0.1, 0.15) is 0 Å². The fourth-order valence-corrected chi connectivity index (χ4v) is 2.14. The molecule has 16 heavy (non-hydrogen) atoms. The summed E-state index contributed by atoms with van der Waals surface area (Å²) in [4.78, 5) is 10.4. The minimum atomic E-state index is -0.889. The molecule has 0 spiro atoms. The van der Waals surface area contributed by atoms with E-state index in [2.05, 4.69) is 0 Å². The van der Waals surface area contributed by atoms with E-state index in [1.165, 1.54) is 23.9 Å². The van der Waals surface area contributed by atoms with Crippen LogP contribution in [0.25, 0.3) is 0 Å². The second-order valence-electron chi connectivity index (χ2n) is 3.43. The van der Waals surface area contributed by atoms with Crippen molar-refractivity contribution in [2.24, 2.45) is 0 Å². The van der Waals surface area contributed by atoms with E-state index in [0.717, 1.165) is 6.07 Å². The van der Waals surface area contributed by atoms with Crippen molar-refractivity contribution >= 4 is 17.7 Å². The average molecular weight is 246 g/mol. The number of benzene rings is 1. The molecule has 1 aromatic rings. The van der Waals surface area contributed by atoms with Crippen LogP contribution in [0.1, 0.15) is 18.9 Å². The van der Waals surface area contributed by atoms with Crippen molar-refractivity contribution in [1.82, 2.24) is 0 Å². The highest BCUT2D eigenvalue weighted by atomic mass is 32.2. The Bertz CT molecular complexity index is 382. The predicted octanol–water partition coefficient (Wildman–Crippen LogP) is 3.06. The van der Waals surface area contributed by atoms with Crippen molar-refractivity contribution in [2.45, 2.75) is 24.3 Å². The van der Waals surface area contributed by atoms with Crippen molar-refractivity contribution < 1.29 is 18.7 Å². The smallest absolute Gasteiger partial charge is 0.304 e. The molecule has 1 rings (SSSR count). The summed E-state index contributed by atoms with van der Waals surface area (Å²) in [6, 6.07) is 4.00. The number of halogens is 2. The summed E-state index contributed by atoms with van der Waals surface area (Å²) in [6.07, 6.45) is 0.0155. The van der Waals surface area contributed by atoms with E-state index in [0.29, 0.717) is 0 Å². The molecular weight excluding hydrogens is 234 g/mol. The first kappa shape index (κ1) is 13.0. The number of hydrogen-bond acceptors (Lipinski definition) is 2. The maximum Gasteiger partial charge on any atom is 0.304 e. The van der Waals surface area contributed by atoms with Crippen LogP contribution in [0.3, 0.4) is 0 Å². The van der Waals surface area contributed by atoms with Gasteiger partial charge >= 0.3 is 5.97 Å². The molecule has 88 valence electrons. The van der Waals surface area contributed by atoms with Gasteiger partial charge in [0.25, 0.3) is 0 Å². The SMILES string of the molecule is CC(CC(=O)O)SCc1cccc(F)c1F. The van der Waals surface area contributed by atoms with Crippen LogP contribution in [-0.2, 0) is 10.5 Å². The number of thioether (sulfide) groups is 1. The summed E-state index contributed by atoms with van der Waals surface area (Å²) in [5.74, 6) is -2.33. The van der Waals surface area contributed by atoms with Crippen LogP contribution in [0.15, 0.2) is 18.2 Å². The Morgan fingerprint density at radius 3 is 2.81 bits per heavy atom. The largest absolute Gasteiger partial charge is 0.481 e. The zero-order valence-electron chi connectivity index (χ0n) is 8.74. The topological polar surface area (TPSA) is 37.3 Å². The van der Waals surface area contributed by atoms with Gasteiger partial charge in [-0.3, -0.25) is 4.79 Å². The second-order valence-corrected chi connectivity index (χ2v) is 4.86. The van der Waals surface area contributed by atoms with Gasteiger partial charge in [0.2, 0.25) is 0 Å². The lowest BCUT2D eigenvalue weighted by Crippen LogP contribution is -2.06. The van der Waals surface area contributed by atoms with E-state index in [1.807, 2.05) is 0 Å². The van der Waals surface area contributed by atoms with Gasteiger partial charge in [-0.15, -0.1) is 0 Å². The quantitative estimate of drug-likeness (QED) is 0.867. The van der Waals surface area contributed by atoms with Crippen molar-refractivity contribution in [3.63, 3.8) is 0 Å². The highest BCUT2D eigenvalue weighted by Crippen LogP contribution is 2.22. The van der Waals surface area contributed by atoms with Crippen molar-refractivity contribution in [2.75, 3.05) is 0 Å². The van der Waals surface area contributed by atoms with E-state index in [4.69, 9.17) is 5.11 Å². The summed E-state index contributed by atoms with van der Waals surface area (Å²) in [7, 11) is 0. The first-order chi connectivity index (χ1) is 7.50. The van der Waals surface area contributed by atoms with Gasteiger partial charge < -0.3 is 5.11 Å². The van der Waals surface area contributed by atoms with Crippen LogP contribution in [0.2, 0.25) is 0 Å². The highest BCUT2D eigenvalue weighted by molar-refractivity contribution is 7.99. The molecule has 1 atom stereocenters. The summed E-state index contributed by atoms with van der Waals surface area (Å²) in [5, 5.41) is 8.41. The number of hydrogen-bond donors (Lipinski definition) is 1. The predicted molar refractivity (Wildman–Crippen MR) is 59.4 cm³/mol. The fraction of sp³-hybridized carbons (Fsp3) is 0.364. The molecule has 0 aliphatic carbocycles. The molecule has 0 bridgehead atoms. The number of carbonyl (C=O) groups is 1. The lowest BCUT2D eigenvalue weighted by atomic mass is 10.2. The van der Waals surface area contributed by atoms with Crippen LogP contribution < -0.4 is 0 Å². The molecule has 0 saturated carbocycles. The third-order valence-electron chi connectivity index (χ3n) is 2.02. The Hall–Kier alpha value is -1.10. The first-order valence-corrected chi connectivity index (χ1v) is 5.82. The number of aliphatic carboxylic acids is 1. The molecule has 2 nitrogen and oxygen atoms in total. The van der Waals surface area contributed by atoms with Gasteiger partial charge in [0, 0.05) is 16.6 Å². The summed E-state index contributed by atoms with van der Waals surface area (Å²) < 4.78 is 26.0. The Labute approximate surface area is 96.7 Å². The van der Waals surface area contributed by atoms with Crippen molar-refractivity contribution in [3.8, 4) is 0 Å².